The third-order valence-electron chi connectivity index (χ3n) is 6.41. The molecular formula is C30H35N3O6S. The van der Waals surface area contributed by atoms with Crippen LogP contribution < -0.4 is 24.4 Å². The Morgan fingerprint density at radius 3 is 2.50 bits per heavy atom. The molecule has 1 aliphatic rings. The van der Waals surface area contributed by atoms with E-state index < -0.39 is 16.1 Å². The van der Waals surface area contributed by atoms with Crippen molar-refractivity contribution in [3.05, 3.63) is 83.9 Å². The normalized spacial score (nSPS) is 14.8. The molecule has 0 bridgehead atoms. The average Bonchev–Trinajstić information content (AvgIpc) is 2.95. The largest absolute Gasteiger partial charge is 0.483 e. The molecule has 0 radical (unpaired) electrons. The van der Waals surface area contributed by atoms with E-state index in [1.807, 2.05) is 44.2 Å². The monoisotopic (exact) mass is 565 g/mol. The second-order valence-electron chi connectivity index (χ2n) is 10.1. The highest BCUT2D eigenvalue weighted by Gasteiger charge is 2.34. The van der Waals surface area contributed by atoms with E-state index in [-0.39, 0.29) is 35.8 Å². The first kappa shape index (κ1) is 29.1. The summed E-state index contributed by atoms with van der Waals surface area (Å²) in [5.74, 6) is 0.350. The van der Waals surface area contributed by atoms with E-state index in [9.17, 15) is 18.0 Å². The molecule has 1 atom stereocenters. The molecule has 0 saturated carbocycles. The number of nitrogens with zero attached hydrogens (tertiary/aromatic N) is 1. The van der Waals surface area contributed by atoms with Crippen LogP contribution in [-0.2, 0) is 26.0 Å². The highest BCUT2D eigenvalue weighted by atomic mass is 32.2. The number of aryl methyl sites for hydroxylation is 1. The first-order valence-electron chi connectivity index (χ1n) is 13.2. The fourth-order valence-electron chi connectivity index (χ4n) is 4.22. The van der Waals surface area contributed by atoms with Gasteiger partial charge >= 0.3 is 0 Å². The maximum atomic E-state index is 13.3. The Balaban J connectivity index is 1.39. The molecule has 10 heteroatoms. The lowest BCUT2D eigenvalue weighted by atomic mass is 10.1. The molecule has 9 nitrogen and oxygen atoms in total. The van der Waals surface area contributed by atoms with Gasteiger partial charge in [-0.1, -0.05) is 56.3 Å². The van der Waals surface area contributed by atoms with E-state index in [0.717, 1.165) is 5.56 Å². The zero-order chi connectivity index (χ0) is 28.7. The molecule has 2 amide bonds. The minimum Gasteiger partial charge on any atom is -0.483 e. The lowest BCUT2D eigenvalue weighted by Crippen LogP contribution is -2.52. The number of hydrogen-bond donors (Lipinski definition) is 2. The predicted octanol–water partition coefficient (Wildman–Crippen LogP) is 3.46. The summed E-state index contributed by atoms with van der Waals surface area (Å²) in [6, 6.07) is 21.4. The molecule has 40 heavy (non-hydrogen) atoms. The van der Waals surface area contributed by atoms with Crippen molar-refractivity contribution >= 4 is 27.5 Å². The number of nitrogens with one attached hydrogen (secondary N) is 2. The van der Waals surface area contributed by atoms with Gasteiger partial charge in [-0.05, 0) is 60.7 Å². The molecule has 0 aliphatic carbocycles. The van der Waals surface area contributed by atoms with Crippen LogP contribution in [0.4, 0.5) is 5.69 Å². The third kappa shape index (κ3) is 7.40. The Bertz CT molecular complexity index is 1440. The number of fused-ring (bicyclic) bond motifs is 1. The van der Waals surface area contributed by atoms with Crippen LogP contribution in [0.25, 0.3) is 0 Å². The molecule has 212 valence electrons. The fourth-order valence-corrected chi connectivity index (χ4v) is 5.52. The van der Waals surface area contributed by atoms with Crippen molar-refractivity contribution in [2.75, 3.05) is 31.1 Å². The summed E-state index contributed by atoms with van der Waals surface area (Å²) in [6.45, 7) is 6.09. The molecule has 0 aromatic heterocycles. The van der Waals surface area contributed by atoms with E-state index in [1.54, 1.807) is 37.3 Å². The number of hydrogen-bond acceptors (Lipinski definition) is 6. The number of para-hydroxylation sites is 2. The lowest BCUT2D eigenvalue weighted by Gasteiger charge is -2.34. The SMILES string of the molecule is Cc1cc(S(=O)(=O)NCC(C)C)ccc1OCC(=O)N1C[C@@H](C(=O)NCCc2ccccc2)Oc2ccccc21. The van der Waals surface area contributed by atoms with E-state index >= 15 is 0 Å². The molecular weight excluding hydrogens is 530 g/mol. The first-order valence-corrected chi connectivity index (χ1v) is 14.7. The standard InChI is InChI=1S/C30H35N3O6S/c1-21(2)18-32-40(36,37)24-13-14-26(22(3)17-24)38-20-29(34)33-19-28(39-27-12-8-7-11-25(27)33)30(35)31-16-15-23-9-5-4-6-10-23/h4-14,17,21,28,32H,15-16,18-20H2,1-3H3,(H,31,35)/t28-/m0/s1. The topological polar surface area (TPSA) is 114 Å². The Morgan fingerprint density at radius 2 is 1.77 bits per heavy atom. The molecule has 0 fully saturated rings. The zero-order valence-electron chi connectivity index (χ0n) is 22.9. The Kier molecular flexibility index (Phi) is 9.44. The molecule has 1 aliphatic heterocycles. The van der Waals surface area contributed by atoms with Crippen LogP contribution in [0.2, 0.25) is 0 Å². The highest BCUT2D eigenvalue weighted by Crippen LogP contribution is 2.33. The lowest BCUT2D eigenvalue weighted by molar-refractivity contribution is -0.128. The van der Waals surface area contributed by atoms with Crippen LogP contribution in [0.15, 0.2) is 77.7 Å². The van der Waals surface area contributed by atoms with Crippen molar-refractivity contribution in [3.63, 3.8) is 0 Å². The summed E-state index contributed by atoms with van der Waals surface area (Å²) in [5, 5.41) is 2.90. The maximum Gasteiger partial charge on any atom is 0.265 e. The summed E-state index contributed by atoms with van der Waals surface area (Å²) < 4.78 is 39.4. The van der Waals surface area contributed by atoms with Gasteiger partial charge in [0.25, 0.3) is 11.8 Å². The Labute approximate surface area is 235 Å². The summed E-state index contributed by atoms with van der Waals surface area (Å²) in [5.41, 5.74) is 2.25. The predicted molar refractivity (Wildman–Crippen MR) is 153 cm³/mol. The molecule has 3 aromatic carbocycles. The number of ether oxygens (including phenoxy) is 2. The van der Waals surface area contributed by atoms with Gasteiger partial charge in [0.2, 0.25) is 10.0 Å². The molecule has 2 N–H and O–H groups in total. The van der Waals surface area contributed by atoms with Crippen molar-refractivity contribution in [1.82, 2.24) is 10.0 Å². The molecule has 0 saturated heterocycles. The number of carbonyl (C=O) groups excluding carboxylic acids is 2. The van der Waals surface area contributed by atoms with Gasteiger partial charge in [-0.15, -0.1) is 0 Å². The maximum absolute atomic E-state index is 13.3. The van der Waals surface area contributed by atoms with E-state index in [4.69, 9.17) is 9.47 Å². The number of amides is 2. The number of sulfonamides is 1. The number of anilines is 1. The molecule has 1 heterocycles. The second-order valence-corrected chi connectivity index (χ2v) is 11.8. The van der Waals surface area contributed by atoms with Crippen LogP contribution in [-0.4, -0.2) is 52.6 Å². The third-order valence-corrected chi connectivity index (χ3v) is 7.83. The van der Waals surface area contributed by atoms with Crippen LogP contribution in [0, 0.1) is 12.8 Å². The molecule has 4 rings (SSSR count). The average molecular weight is 566 g/mol. The first-order chi connectivity index (χ1) is 19.1. The minimum absolute atomic E-state index is 0.0358. The van der Waals surface area contributed by atoms with Gasteiger partial charge < -0.3 is 19.7 Å². The molecule has 0 spiro atoms. The minimum atomic E-state index is -3.65. The van der Waals surface area contributed by atoms with E-state index in [0.29, 0.717) is 42.3 Å². The number of rotatable bonds is 11. The van der Waals surface area contributed by atoms with Crippen LogP contribution in [0.3, 0.4) is 0 Å². The van der Waals surface area contributed by atoms with E-state index in [2.05, 4.69) is 10.0 Å². The smallest absolute Gasteiger partial charge is 0.265 e. The summed E-state index contributed by atoms with van der Waals surface area (Å²) in [6.07, 6.45) is -0.196. The zero-order valence-corrected chi connectivity index (χ0v) is 23.7. The van der Waals surface area contributed by atoms with Crippen molar-refractivity contribution in [3.8, 4) is 11.5 Å². The van der Waals surface area contributed by atoms with Gasteiger partial charge in [0.05, 0.1) is 17.1 Å². The van der Waals surface area contributed by atoms with Crippen LogP contribution in [0.1, 0.15) is 25.0 Å². The van der Waals surface area contributed by atoms with Gasteiger partial charge in [-0.2, -0.15) is 0 Å². The van der Waals surface area contributed by atoms with Crippen molar-refractivity contribution in [2.24, 2.45) is 5.92 Å². The van der Waals surface area contributed by atoms with E-state index in [1.165, 1.54) is 17.0 Å². The summed E-state index contributed by atoms with van der Waals surface area (Å²) in [7, 11) is -3.65. The van der Waals surface area contributed by atoms with Crippen molar-refractivity contribution in [1.29, 1.82) is 0 Å². The molecule has 0 unspecified atom stereocenters. The highest BCUT2D eigenvalue weighted by molar-refractivity contribution is 7.89. The summed E-state index contributed by atoms with van der Waals surface area (Å²) in [4.78, 5) is 27.8. The van der Waals surface area contributed by atoms with Gasteiger partial charge in [-0.25, -0.2) is 13.1 Å². The van der Waals surface area contributed by atoms with Crippen molar-refractivity contribution < 1.29 is 27.5 Å². The van der Waals surface area contributed by atoms with Gasteiger partial charge in [0, 0.05) is 13.1 Å². The number of carbonyl (C=O) groups is 2. The van der Waals surface area contributed by atoms with Gasteiger partial charge in [-0.3, -0.25) is 9.59 Å². The van der Waals surface area contributed by atoms with Gasteiger partial charge in [0.15, 0.2) is 12.7 Å². The Hall–Kier alpha value is -3.89. The Morgan fingerprint density at radius 1 is 1.05 bits per heavy atom. The fraction of sp³-hybridized carbons (Fsp3) is 0.333. The number of benzene rings is 3. The van der Waals surface area contributed by atoms with Crippen LogP contribution >= 0.6 is 0 Å². The summed E-state index contributed by atoms with van der Waals surface area (Å²) >= 11 is 0. The van der Waals surface area contributed by atoms with Gasteiger partial charge in [0.1, 0.15) is 11.5 Å². The quantitative estimate of drug-likeness (QED) is 0.368. The second kappa shape index (κ2) is 13.0. The van der Waals surface area contributed by atoms with Crippen molar-refractivity contribution in [2.45, 2.75) is 38.2 Å². The van der Waals surface area contributed by atoms with Crippen LogP contribution in [0.5, 0.6) is 11.5 Å². The molecule has 3 aromatic rings.